The topological polar surface area (TPSA) is 65.8 Å². The second-order valence-corrected chi connectivity index (χ2v) is 8.74. The van der Waals surface area contributed by atoms with Crippen LogP contribution >= 0.6 is 0 Å². The molecule has 0 amide bonds. The Labute approximate surface area is 191 Å². The number of carboxylic acids is 1. The lowest BCUT2D eigenvalue weighted by Gasteiger charge is -2.36. The highest BCUT2D eigenvalue weighted by Gasteiger charge is 2.28. The minimum absolute atomic E-state index is 0.132. The first-order valence-electron chi connectivity index (χ1n) is 11.3. The minimum atomic E-state index is -1.28. The van der Waals surface area contributed by atoms with Crippen molar-refractivity contribution in [1.29, 1.82) is 0 Å². The van der Waals surface area contributed by atoms with E-state index in [0.717, 1.165) is 32.5 Å². The van der Waals surface area contributed by atoms with E-state index in [9.17, 15) is 14.7 Å². The monoisotopic (exact) mass is 447 g/mol. The smallest absolute Gasteiger partial charge is 0.341 e. The lowest BCUT2D eigenvalue weighted by molar-refractivity contribution is 0.0695. The number of halogens is 1. The Kier molecular flexibility index (Phi) is 5.72. The van der Waals surface area contributed by atoms with Crippen LogP contribution in [0.2, 0.25) is 0 Å². The lowest BCUT2D eigenvalue weighted by Crippen LogP contribution is -2.46. The number of rotatable bonds is 6. The fourth-order valence-electron chi connectivity index (χ4n) is 4.48. The number of hydrogen-bond acceptors (Lipinski definition) is 4. The summed E-state index contributed by atoms with van der Waals surface area (Å²) in [6, 6.07) is 13.3. The van der Waals surface area contributed by atoms with Gasteiger partial charge in [-0.05, 0) is 30.5 Å². The van der Waals surface area contributed by atoms with Crippen molar-refractivity contribution in [3.05, 3.63) is 81.9 Å². The van der Waals surface area contributed by atoms with Gasteiger partial charge in [0.2, 0.25) is 5.43 Å². The van der Waals surface area contributed by atoms with Gasteiger partial charge in [0, 0.05) is 50.3 Å². The largest absolute Gasteiger partial charge is 0.477 e. The summed E-state index contributed by atoms with van der Waals surface area (Å²) in [5.41, 5.74) is 1.31. The molecule has 33 heavy (non-hydrogen) atoms. The molecule has 0 spiro atoms. The summed E-state index contributed by atoms with van der Waals surface area (Å²) in [6.07, 6.45) is 7.54. The van der Waals surface area contributed by atoms with Crippen LogP contribution in [-0.2, 0) is 0 Å². The number of benzene rings is 2. The number of hydrogen-bond donors (Lipinski definition) is 1. The molecule has 5 rings (SSSR count). The Balaban J connectivity index is 1.35. The molecular formula is C26H26FN3O3. The molecule has 2 aliphatic rings. The summed E-state index contributed by atoms with van der Waals surface area (Å²) in [7, 11) is 0. The van der Waals surface area contributed by atoms with Crippen molar-refractivity contribution in [3.63, 3.8) is 0 Å². The Morgan fingerprint density at radius 1 is 1.09 bits per heavy atom. The first-order valence-corrected chi connectivity index (χ1v) is 11.3. The van der Waals surface area contributed by atoms with Gasteiger partial charge in [0.05, 0.1) is 11.2 Å². The summed E-state index contributed by atoms with van der Waals surface area (Å²) in [5, 5.41) is 9.54. The Morgan fingerprint density at radius 2 is 1.82 bits per heavy atom. The number of piperazine rings is 1. The zero-order valence-corrected chi connectivity index (χ0v) is 18.3. The van der Waals surface area contributed by atoms with E-state index in [1.807, 2.05) is 27.7 Å². The number of aromatic carboxylic acids is 1. The Morgan fingerprint density at radius 3 is 2.48 bits per heavy atom. The van der Waals surface area contributed by atoms with Gasteiger partial charge in [0.1, 0.15) is 11.4 Å². The number of carbonyl (C=O) groups is 1. The molecule has 170 valence electrons. The molecule has 2 fully saturated rings. The maximum atomic E-state index is 15.1. The van der Waals surface area contributed by atoms with E-state index in [2.05, 4.69) is 29.2 Å². The zero-order chi connectivity index (χ0) is 22.9. The molecular weight excluding hydrogens is 421 g/mol. The number of pyridine rings is 1. The van der Waals surface area contributed by atoms with Crippen molar-refractivity contribution in [2.45, 2.75) is 18.9 Å². The highest BCUT2D eigenvalue weighted by atomic mass is 19.1. The van der Waals surface area contributed by atoms with Crippen molar-refractivity contribution in [3.8, 4) is 0 Å². The van der Waals surface area contributed by atoms with Gasteiger partial charge >= 0.3 is 5.97 Å². The molecule has 1 N–H and O–H groups in total. The maximum Gasteiger partial charge on any atom is 0.341 e. The number of carboxylic acid groups (broad SMARTS) is 1. The van der Waals surface area contributed by atoms with Crippen LogP contribution < -0.4 is 10.3 Å². The Bertz CT molecular complexity index is 1270. The first kappa shape index (κ1) is 21.4. The summed E-state index contributed by atoms with van der Waals surface area (Å²) < 4.78 is 16.9. The Hall–Kier alpha value is -3.45. The molecule has 1 aromatic heterocycles. The van der Waals surface area contributed by atoms with Crippen molar-refractivity contribution in [2.24, 2.45) is 0 Å². The molecule has 1 aliphatic heterocycles. The molecule has 1 saturated heterocycles. The van der Waals surface area contributed by atoms with Crippen LogP contribution in [0.25, 0.3) is 17.0 Å². The highest BCUT2D eigenvalue weighted by molar-refractivity contribution is 5.93. The summed E-state index contributed by atoms with van der Waals surface area (Å²) in [4.78, 5) is 28.5. The van der Waals surface area contributed by atoms with Crippen molar-refractivity contribution in [2.75, 3.05) is 37.6 Å². The minimum Gasteiger partial charge on any atom is -0.477 e. The highest BCUT2D eigenvalue weighted by Crippen LogP contribution is 2.38. The van der Waals surface area contributed by atoms with E-state index in [4.69, 9.17) is 0 Å². The molecule has 1 saturated carbocycles. The third-order valence-corrected chi connectivity index (χ3v) is 6.46. The molecule has 0 bridgehead atoms. The van der Waals surface area contributed by atoms with E-state index in [0.29, 0.717) is 24.3 Å². The van der Waals surface area contributed by atoms with Crippen LogP contribution in [0.4, 0.5) is 10.1 Å². The average molecular weight is 448 g/mol. The molecule has 0 unspecified atom stereocenters. The number of fused-ring (bicyclic) bond motifs is 1. The number of nitrogens with zero attached hydrogens (tertiary/aromatic N) is 3. The van der Waals surface area contributed by atoms with Crippen LogP contribution in [-0.4, -0.2) is 53.3 Å². The van der Waals surface area contributed by atoms with Crippen LogP contribution in [0.3, 0.4) is 0 Å². The summed E-state index contributed by atoms with van der Waals surface area (Å²) in [6.45, 7) is 3.82. The van der Waals surface area contributed by atoms with Gasteiger partial charge < -0.3 is 14.6 Å². The van der Waals surface area contributed by atoms with E-state index in [1.165, 1.54) is 17.8 Å². The number of aromatic nitrogens is 1. The summed E-state index contributed by atoms with van der Waals surface area (Å²) >= 11 is 0. The molecule has 3 aromatic rings. The van der Waals surface area contributed by atoms with Gasteiger partial charge in [-0.1, -0.05) is 42.5 Å². The molecule has 7 heteroatoms. The molecule has 2 aromatic carbocycles. The van der Waals surface area contributed by atoms with Crippen LogP contribution in [0, 0.1) is 5.82 Å². The van der Waals surface area contributed by atoms with Gasteiger partial charge in [-0.25, -0.2) is 9.18 Å². The van der Waals surface area contributed by atoms with Crippen molar-refractivity contribution in [1.82, 2.24) is 9.47 Å². The number of anilines is 1. The van der Waals surface area contributed by atoms with Crippen molar-refractivity contribution >= 4 is 28.6 Å². The molecule has 0 radical (unpaired) electrons. The van der Waals surface area contributed by atoms with Gasteiger partial charge in [0.25, 0.3) is 0 Å². The van der Waals surface area contributed by atoms with E-state index in [-0.39, 0.29) is 17.0 Å². The second kappa shape index (κ2) is 8.83. The van der Waals surface area contributed by atoms with Gasteiger partial charge in [-0.3, -0.25) is 9.69 Å². The second-order valence-electron chi connectivity index (χ2n) is 8.74. The maximum absolute atomic E-state index is 15.1. The third kappa shape index (κ3) is 4.41. The standard InChI is InChI=1S/C26H26FN3O3/c27-22-15-20-23(30(19-8-9-19)17-21(25(20)31)26(32)33)16-24(22)29-13-11-28(12-14-29)10-4-7-18-5-2-1-3-6-18/h1-7,15-17,19H,8-14H2,(H,32,33). The van der Waals surface area contributed by atoms with Crippen LogP contribution in [0.15, 0.2) is 59.5 Å². The van der Waals surface area contributed by atoms with E-state index >= 15 is 4.39 Å². The third-order valence-electron chi connectivity index (χ3n) is 6.46. The fraction of sp³-hybridized carbons (Fsp3) is 0.308. The van der Waals surface area contributed by atoms with Crippen LogP contribution in [0.5, 0.6) is 0 Å². The normalized spacial score (nSPS) is 17.2. The fourth-order valence-corrected chi connectivity index (χ4v) is 4.48. The molecule has 6 nitrogen and oxygen atoms in total. The molecule has 1 aliphatic carbocycles. The van der Waals surface area contributed by atoms with Crippen molar-refractivity contribution < 1.29 is 14.3 Å². The first-order chi connectivity index (χ1) is 16.0. The SMILES string of the molecule is O=C(O)c1cn(C2CC2)c2cc(N3CCN(CC=Cc4ccccc4)CC3)c(F)cc2c1=O. The molecule has 0 atom stereocenters. The predicted molar refractivity (Wildman–Crippen MR) is 128 cm³/mol. The van der Waals surface area contributed by atoms with Crippen LogP contribution in [0.1, 0.15) is 34.8 Å². The average Bonchev–Trinajstić information content (AvgIpc) is 3.66. The zero-order valence-electron chi connectivity index (χ0n) is 18.3. The van der Waals surface area contributed by atoms with Gasteiger partial charge in [-0.15, -0.1) is 0 Å². The molecule has 2 heterocycles. The lowest BCUT2D eigenvalue weighted by atomic mass is 10.1. The quantitative estimate of drug-likeness (QED) is 0.619. The van der Waals surface area contributed by atoms with Gasteiger partial charge in [-0.2, -0.15) is 0 Å². The van der Waals surface area contributed by atoms with E-state index in [1.54, 1.807) is 6.07 Å². The summed E-state index contributed by atoms with van der Waals surface area (Å²) in [5.74, 6) is -1.76. The van der Waals surface area contributed by atoms with Gasteiger partial charge in [0.15, 0.2) is 0 Å². The van der Waals surface area contributed by atoms with E-state index < -0.39 is 17.2 Å². The predicted octanol–water partition coefficient (Wildman–Crippen LogP) is 4.01.